The third kappa shape index (κ3) is 5.26. The van der Waals surface area contributed by atoms with E-state index in [0.717, 1.165) is 78.1 Å². The van der Waals surface area contributed by atoms with E-state index in [4.69, 9.17) is 15.0 Å². The molecule has 0 aliphatic rings. The molecule has 2 aromatic heterocycles. The van der Waals surface area contributed by atoms with E-state index in [2.05, 4.69) is 138 Å². The van der Waals surface area contributed by atoms with Crippen LogP contribution in [0, 0.1) is 0 Å². The maximum atomic E-state index is 5.13. The Morgan fingerprint density at radius 2 is 0.878 bits per heavy atom. The average molecular weight is 627 g/mol. The lowest BCUT2D eigenvalue weighted by molar-refractivity contribution is 1.10. The molecular formula is C45H30N4. The van der Waals surface area contributed by atoms with Crippen LogP contribution in [0.4, 0.5) is 0 Å². The lowest BCUT2D eigenvalue weighted by Crippen LogP contribution is -1.97. The standard InChI is InChI=1S/C45H30N4/c1-4-14-32(15-5-1)41-30-42(33-16-6-2-7-17-33)47-44(46-41)39-29-28-36(37-20-10-11-21-38(37)39)31-24-26-34(27-25-31)45-48-40-22-12-13-23-43(40)49(45)35-18-8-3-9-19-35/h1-30H. The van der Waals surface area contributed by atoms with Crippen LogP contribution in [0.15, 0.2) is 182 Å². The number of rotatable bonds is 6. The molecule has 0 bridgehead atoms. The first kappa shape index (κ1) is 28.6. The summed E-state index contributed by atoms with van der Waals surface area (Å²) < 4.78 is 2.24. The third-order valence-electron chi connectivity index (χ3n) is 9.06. The van der Waals surface area contributed by atoms with Gasteiger partial charge in [-0.15, -0.1) is 0 Å². The Hall–Kier alpha value is -6.65. The highest BCUT2D eigenvalue weighted by molar-refractivity contribution is 6.04. The minimum Gasteiger partial charge on any atom is -0.292 e. The van der Waals surface area contributed by atoms with Crippen molar-refractivity contribution in [2.24, 2.45) is 0 Å². The van der Waals surface area contributed by atoms with Crippen LogP contribution in [0.5, 0.6) is 0 Å². The Balaban J connectivity index is 1.15. The molecule has 9 aromatic rings. The van der Waals surface area contributed by atoms with E-state index in [0.29, 0.717) is 5.82 Å². The van der Waals surface area contributed by atoms with Crippen LogP contribution >= 0.6 is 0 Å². The molecule has 0 saturated heterocycles. The van der Waals surface area contributed by atoms with Crippen LogP contribution in [-0.2, 0) is 0 Å². The van der Waals surface area contributed by atoms with Gasteiger partial charge in [0.15, 0.2) is 5.82 Å². The Bertz CT molecular complexity index is 2520. The smallest absolute Gasteiger partial charge is 0.161 e. The molecule has 4 heteroatoms. The van der Waals surface area contributed by atoms with Gasteiger partial charge >= 0.3 is 0 Å². The first-order valence-corrected chi connectivity index (χ1v) is 16.5. The molecule has 0 aliphatic carbocycles. The van der Waals surface area contributed by atoms with Crippen LogP contribution in [0.3, 0.4) is 0 Å². The number of imidazole rings is 1. The van der Waals surface area contributed by atoms with Gasteiger partial charge in [0.2, 0.25) is 0 Å². The Kier molecular flexibility index (Phi) is 7.10. The Morgan fingerprint density at radius 3 is 1.53 bits per heavy atom. The van der Waals surface area contributed by atoms with Crippen LogP contribution in [0.2, 0.25) is 0 Å². The predicted molar refractivity (Wildman–Crippen MR) is 201 cm³/mol. The van der Waals surface area contributed by atoms with Crippen LogP contribution in [-0.4, -0.2) is 19.5 Å². The molecule has 0 atom stereocenters. The largest absolute Gasteiger partial charge is 0.292 e. The van der Waals surface area contributed by atoms with Gasteiger partial charge in [0.1, 0.15) is 5.82 Å². The molecule has 2 heterocycles. The number of fused-ring (bicyclic) bond motifs is 2. The number of hydrogen-bond acceptors (Lipinski definition) is 3. The average Bonchev–Trinajstić information content (AvgIpc) is 3.58. The van der Waals surface area contributed by atoms with Gasteiger partial charge in [-0.1, -0.05) is 146 Å². The monoisotopic (exact) mass is 626 g/mol. The topological polar surface area (TPSA) is 43.6 Å². The van der Waals surface area contributed by atoms with Crippen LogP contribution in [0.25, 0.3) is 83.9 Å². The fourth-order valence-corrected chi connectivity index (χ4v) is 6.68. The van der Waals surface area contributed by atoms with Gasteiger partial charge in [0, 0.05) is 27.9 Å². The van der Waals surface area contributed by atoms with E-state index in [1.807, 2.05) is 48.5 Å². The van der Waals surface area contributed by atoms with E-state index in [1.165, 1.54) is 0 Å². The van der Waals surface area contributed by atoms with Crippen molar-refractivity contribution >= 4 is 21.8 Å². The van der Waals surface area contributed by atoms with Crippen molar-refractivity contribution in [3.8, 4) is 62.1 Å². The second kappa shape index (κ2) is 12.2. The maximum Gasteiger partial charge on any atom is 0.161 e. The quantitative estimate of drug-likeness (QED) is 0.184. The normalized spacial score (nSPS) is 11.3. The molecule has 7 aromatic carbocycles. The molecule has 49 heavy (non-hydrogen) atoms. The minimum atomic E-state index is 0.707. The third-order valence-corrected chi connectivity index (χ3v) is 9.06. The van der Waals surface area contributed by atoms with Crippen LogP contribution in [0.1, 0.15) is 0 Å². The molecule has 0 aliphatic heterocycles. The summed E-state index contributed by atoms with van der Waals surface area (Å²) in [4.78, 5) is 15.3. The summed E-state index contributed by atoms with van der Waals surface area (Å²) in [6.07, 6.45) is 0. The summed E-state index contributed by atoms with van der Waals surface area (Å²) in [7, 11) is 0. The van der Waals surface area contributed by atoms with Gasteiger partial charge in [-0.05, 0) is 58.3 Å². The molecule has 0 N–H and O–H groups in total. The molecule has 4 nitrogen and oxygen atoms in total. The van der Waals surface area contributed by atoms with Crippen molar-refractivity contribution in [2.45, 2.75) is 0 Å². The minimum absolute atomic E-state index is 0.707. The van der Waals surface area contributed by atoms with E-state index < -0.39 is 0 Å². The zero-order valence-corrected chi connectivity index (χ0v) is 26.6. The first-order chi connectivity index (χ1) is 24.3. The highest BCUT2D eigenvalue weighted by atomic mass is 15.1. The Labute approximate surface area is 284 Å². The van der Waals surface area contributed by atoms with E-state index in [1.54, 1.807) is 0 Å². The molecule has 9 rings (SSSR count). The highest BCUT2D eigenvalue weighted by Gasteiger charge is 2.17. The molecule has 0 radical (unpaired) electrons. The SMILES string of the molecule is c1ccc(-c2cc(-c3ccccc3)nc(-c3ccc(-c4ccc(-c5nc6ccccc6n5-c5ccccc5)cc4)c4ccccc34)n2)cc1. The summed E-state index contributed by atoms with van der Waals surface area (Å²) in [6, 6.07) is 63.1. The fraction of sp³-hybridized carbons (Fsp3) is 0. The maximum absolute atomic E-state index is 5.13. The van der Waals surface area contributed by atoms with E-state index in [-0.39, 0.29) is 0 Å². The van der Waals surface area contributed by atoms with E-state index >= 15 is 0 Å². The van der Waals surface area contributed by atoms with Gasteiger partial charge < -0.3 is 0 Å². The van der Waals surface area contributed by atoms with Gasteiger partial charge in [-0.2, -0.15) is 0 Å². The number of benzene rings is 7. The molecule has 0 fully saturated rings. The molecular weight excluding hydrogens is 597 g/mol. The molecule has 0 saturated carbocycles. The number of aromatic nitrogens is 4. The van der Waals surface area contributed by atoms with Gasteiger partial charge in [-0.3, -0.25) is 4.57 Å². The van der Waals surface area contributed by atoms with Gasteiger partial charge in [0.25, 0.3) is 0 Å². The summed E-state index contributed by atoms with van der Waals surface area (Å²) >= 11 is 0. The molecule has 230 valence electrons. The van der Waals surface area contributed by atoms with Crippen molar-refractivity contribution in [2.75, 3.05) is 0 Å². The van der Waals surface area contributed by atoms with Gasteiger partial charge in [-0.25, -0.2) is 15.0 Å². The van der Waals surface area contributed by atoms with Crippen molar-refractivity contribution in [1.82, 2.24) is 19.5 Å². The van der Waals surface area contributed by atoms with E-state index in [9.17, 15) is 0 Å². The summed E-state index contributed by atoms with van der Waals surface area (Å²) in [6.45, 7) is 0. The lowest BCUT2D eigenvalue weighted by Gasteiger charge is -2.14. The number of hydrogen-bond donors (Lipinski definition) is 0. The number of para-hydroxylation sites is 3. The van der Waals surface area contributed by atoms with Crippen molar-refractivity contribution < 1.29 is 0 Å². The van der Waals surface area contributed by atoms with Crippen molar-refractivity contribution in [3.63, 3.8) is 0 Å². The highest BCUT2D eigenvalue weighted by Crippen LogP contribution is 2.37. The van der Waals surface area contributed by atoms with Crippen LogP contribution < -0.4 is 0 Å². The predicted octanol–water partition coefficient (Wildman–Crippen LogP) is 11.3. The second-order valence-corrected chi connectivity index (χ2v) is 12.1. The zero-order chi connectivity index (χ0) is 32.6. The first-order valence-electron chi connectivity index (χ1n) is 16.5. The Morgan fingerprint density at radius 1 is 0.367 bits per heavy atom. The lowest BCUT2D eigenvalue weighted by atomic mass is 9.94. The fourth-order valence-electron chi connectivity index (χ4n) is 6.68. The molecule has 0 spiro atoms. The molecule has 0 unspecified atom stereocenters. The summed E-state index contributed by atoms with van der Waals surface area (Å²) in [5.74, 6) is 1.63. The summed E-state index contributed by atoms with van der Waals surface area (Å²) in [5, 5.41) is 2.26. The van der Waals surface area contributed by atoms with Crippen molar-refractivity contribution in [3.05, 3.63) is 182 Å². The second-order valence-electron chi connectivity index (χ2n) is 12.1. The molecule has 0 amide bonds. The van der Waals surface area contributed by atoms with Gasteiger partial charge in [0.05, 0.1) is 22.4 Å². The van der Waals surface area contributed by atoms with Crippen molar-refractivity contribution in [1.29, 1.82) is 0 Å². The summed E-state index contributed by atoms with van der Waals surface area (Å²) in [5.41, 5.74) is 11.4. The number of nitrogens with zero attached hydrogens (tertiary/aromatic N) is 4. The zero-order valence-electron chi connectivity index (χ0n) is 26.6.